The van der Waals surface area contributed by atoms with Gasteiger partial charge in [0.25, 0.3) is 0 Å². The highest BCUT2D eigenvalue weighted by Gasteiger charge is 2.33. The van der Waals surface area contributed by atoms with Gasteiger partial charge < -0.3 is 24.4 Å². The van der Waals surface area contributed by atoms with Crippen LogP contribution in [0.5, 0.6) is 0 Å². The molecule has 2 heterocycles. The van der Waals surface area contributed by atoms with E-state index in [9.17, 15) is 14.0 Å². The summed E-state index contributed by atoms with van der Waals surface area (Å²) in [6.07, 6.45) is 2.01. The molecule has 0 fully saturated rings. The van der Waals surface area contributed by atoms with Crippen molar-refractivity contribution in [1.82, 2.24) is 14.4 Å². The van der Waals surface area contributed by atoms with Crippen LogP contribution in [0.25, 0.3) is 0 Å². The van der Waals surface area contributed by atoms with Crippen molar-refractivity contribution in [3.63, 3.8) is 0 Å². The third-order valence-corrected chi connectivity index (χ3v) is 6.11. The van der Waals surface area contributed by atoms with E-state index >= 15 is 0 Å². The van der Waals surface area contributed by atoms with Crippen molar-refractivity contribution in [2.24, 2.45) is 0 Å². The summed E-state index contributed by atoms with van der Waals surface area (Å²) >= 11 is 5.83. The summed E-state index contributed by atoms with van der Waals surface area (Å²) < 4.78 is 20.8. The fourth-order valence-corrected chi connectivity index (χ4v) is 4.30. The Morgan fingerprint density at radius 1 is 1.15 bits per heavy atom. The molecule has 3 aromatic rings. The van der Waals surface area contributed by atoms with E-state index < -0.39 is 11.8 Å². The van der Waals surface area contributed by atoms with Crippen molar-refractivity contribution in [3.8, 4) is 0 Å². The molecule has 0 radical (unpaired) electrons. The molecule has 4 rings (SSSR count). The molecule has 1 atom stereocenters. The monoisotopic (exact) mass is 484 g/mol. The zero-order valence-corrected chi connectivity index (χ0v) is 19.5. The summed E-state index contributed by atoms with van der Waals surface area (Å²) in [7, 11) is 1.53. The third-order valence-electron chi connectivity index (χ3n) is 5.82. The van der Waals surface area contributed by atoms with E-state index in [1.165, 1.54) is 30.2 Å². The first kappa shape index (κ1) is 23.8. The maximum absolute atomic E-state index is 13.5. The van der Waals surface area contributed by atoms with Gasteiger partial charge in [-0.05, 0) is 35.9 Å². The molecule has 1 aliphatic rings. The number of fused-ring (bicyclic) bond motifs is 1. The van der Waals surface area contributed by atoms with Gasteiger partial charge in [-0.25, -0.2) is 9.18 Å². The molecule has 2 aromatic carbocycles. The second-order valence-corrected chi connectivity index (χ2v) is 8.41. The maximum Gasteiger partial charge on any atom is 0.322 e. The molecule has 1 unspecified atom stereocenters. The number of halogens is 2. The Kier molecular flexibility index (Phi) is 7.49. The largest absolute Gasteiger partial charge is 0.383 e. The van der Waals surface area contributed by atoms with Crippen LogP contribution < -0.4 is 5.32 Å². The normalized spacial score (nSPS) is 15.0. The minimum absolute atomic E-state index is 0.0978. The number of rotatable bonds is 7. The van der Waals surface area contributed by atoms with Crippen molar-refractivity contribution in [2.75, 3.05) is 38.7 Å². The number of anilines is 1. The molecule has 0 saturated heterocycles. The molecule has 0 saturated carbocycles. The molecular formula is C25H26ClFN4O3. The van der Waals surface area contributed by atoms with E-state index in [1.807, 2.05) is 53.6 Å². The first-order valence-electron chi connectivity index (χ1n) is 11.0. The summed E-state index contributed by atoms with van der Waals surface area (Å²) in [5, 5.41) is 2.59. The highest BCUT2D eigenvalue weighted by Crippen LogP contribution is 2.32. The number of ether oxygens (including phenoxy) is 1. The van der Waals surface area contributed by atoms with Crippen molar-refractivity contribution in [3.05, 3.63) is 89.0 Å². The average molecular weight is 485 g/mol. The van der Waals surface area contributed by atoms with Crippen molar-refractivity contribution < 1.29 is 18.7 Å². The topological polar surface area (TPSA) is 66.8 Å². The Hall–Kier alpha value is -3.36. The quantitative estimate of drug-likeness (QED) is 0.540. The Balaban J connectivity index is 1.54. The van der Waals surface area contributed by atoms with Gasteiger partial charge in [-0.1, -0.05) is 41.9 Å². The fraction of sp³-hybridized carbons (Fsp3) is 0.280. The number of carbonyl (C=O) groups is 2. The Labute approximate surface area is 202 Å². The Morgan fingerprint density at radius 3 is 2.68 bits per heavy atom. The van der Waals surface area contributed by atoms with Gasteiger partial charge in [-0.3, -0.25) is 4.79 Å². The summed E-state index contributed by atoms with van der Waals surface area (Å²) in [5.41, 5.74) is 2.37. The molecule has 178 valence electrons. The molecule has 1 N–H and O–H groups in total. The molecule has 3 amide bonds. The summed E-state index contributed by atoms with van der Waals surface area (Å²) in [4.78, 5) is 29.7. The second-order valence-electron chi connectivity index (χ2n) is 8.00. The van der Waals surface area contributed by atoms with Gasteiger partial charge in [-0.15, -0.1) is 0 Å². The average Bonchev–Trinajstić information content (AvgIpc) is 3.32. The smallest absolute Gasteiger partial charge is 0.322 e. The predicted octanol–water partition coefficient (Wildman–Crippen LogP) is 4.39. The molecule has 7 nitrogen and oxygen atoms in total. The zero-order valence-electron chi connectivity index (χ0n) is 18.8. The van der Waals surface area contributed by atoms with E-state index in [0.29, 0.717) is 18.8 Å². The number of hydrogen-bond acceptors (Lipinski definition) is 3. The van der Waals surface area contributed by atoms with E-state index in [0.717, 1.165) is 11.3 Å². The van der Waals surface area contributed by atoms with Crippen LogP contribution in [0.4, 0.5) is 14.9 Å². The van der Waals surface area contributed by atoms with E-state index in [1.54, 1.807) is 0 Å². The number of carbonyl (C=O) groups excluding carboxylic acids is 2. The number of hydrogen-bond donors (Lipinski definition) is 1. The van der Waals surface area contributed by atoms with Crippen molar-refractivity contribution >= 4 is 29.2 Å². The van der Waals surface area contributed by atoms with Gasteiger partial charge >= 0.3 is 6.03 Å². The zero-order chi connectivity index (χ0) is 24.1. The summed E-state index contributed by atoms with van der Waals surface area (Å²) in [6.45, 7) is 1.54. The standard InChI is InChI=1S/C25H26ClFN4O3/c1-34-15-14-30(25(33)28-19-9-10-21(27)20(26)16-19)17-23(32)31-13-12-29-11-5-8-22(29)24(31)18-6-3-2-4-7-18/h2-11,16,24H,12-15,17H2,1H3,(H,28,33). The first-order chi connectivity index (χ1) is 16.5. The number of nitrogens with one attached hydrogen (secondary N) is 1. The lowest BCUT2D eigenvalue weighted by Gasteiger charge is -2.38. The van der Waals surface area contributed by atoms with E-state index in [4.69, 9.17) is 16.3 Å². The number of nitrogens with zero attached hydrogens (tertiary/aromatic N) is 3. The van der Waals surface area contributed by atoms with Crippen molar-refractivity contribution in [1.29, 1.82) is 0 Å². The van der Waals surface area contributed by atoms with E-state index in [2.05, 4.69) is 9.88 Å². The number of aromatic nitrogens is 1. The van der Waals surface area contributed by atoms with Gasteiger partial charge in [0.05, 0.1) is 17.7 Å². The summed E-state index contributed by atoms with van der Waals surface area (Å²) in [5.74, 6) is -0.752. The number of urea groups is 1. The molecule has 34 heavy (non-hydrogen) atoms. The van der Waals surface area contributed by atoms with Crippen LogP contribution in [-0.2, 0) is 16.1 Å². The molecular weight excluding hydrogens is 459 g/mol. The minimum Gasteiger partial charge on any atom is -0.383 e. The third kappa shape index (κ3) is 5.24. The van der Waals surface area contributed by atoms with Crippen LogP contribution in [0.15, 0.2) is 66.9 Å². The van der Waals surface area contributed by atoms with Crippen LogP contribution >= 0.6 is 11.6 Å². The highest BCUT2D eigenvalue weighted by molar-refractivity contribution is 6.31. The van der Waals surface area contributed by atoms with Crippen LogP contribution in [0, 0.1) is 5.82 Å². The first-order valence-corrected chi connectivity index (χ1v) is 11.3. The molecule has 9 heteroatoms. The van der Waals surface area contributed by atoms with Gasteiger partial charge in [0.2, 0.25) is 5.91 Å². The van der Waals surface area contributed by atoms with Crippen LogP contribution in [0.2, 0.25) is 5.02 Å². The summed E-state index contributed by atoms with van der Waals surface area (Å²) in [6, 6.07) is 17.0. The fourth-order valence-electron chi connectivity index (χ4n) is 4.12. The van der Waals surface area contributed by atoms with Crippen LogP contribution in [-0.4, -0.2) is 59.7 Å². The second kappa shape index (κ2) is 10.7. The number of benzene rings is 2. The molecule has 0 bridgehead atoms. The lowest BCUT2D eigenvalue weighted by molar-refractivity contribution is -0.134. The molecule has 1 aliphatic heterocycles. The SMILES string of the molecule is COCCN(CC(=O)N1CCn2cccc2C1c1ccccc1)C(=O)Nc1ccc(F)c(Cl)c1. The minimum atomic E-state index is -0.576. The Morgan fingerprint density at radius 2 is 1.94 bits per heavy atom. The highest BCUT2D eigenvalue weighted by atomic mass is 35.5. The number of methoxy groups -OCH3 is 1. The molecule has 1 aromatic heterocycles. The van der Waals surface area contributed by atoms with Gasteiger partial charge in [0.1, 0.15) is 12.4 Å². The lowest BCUT2D eigenvalue weighted by Crippen LogP contribution is -2.49. The van der Waals surface area contributed by atoms with Crippen LogP contribution in [0.1, 0.15) is 17.3 Å². The Bertz CT molecular complexity index is 1150. The lowest BCUT2D eigenvalue weighted by atomic mass is 10.00. The van der Waals surface area contributed by atoms with Gasteiger partial charge in [-0.2, -0.15) is 0 Å². The number of amides is 3. The van der Waals surface area contributed by atoms with Crippen LogP contribution in [0.3, 0.4) is 0 Å². The van der Waals surface area contributed by atoms with Gasteiger partial charge in [0.15, 0.2) is 0 Å². The molecule has 0 spiro atoms. The molecule has 0 aliphatic carbocycles. The van der Waals surface area contributed by atoms with Gasteiger partial charge in [0, 0.05) is 44.3 Å². The van der Waals surface area contributed by atoms with Crippen molar-refractivity contribution in [2.45, 2.75) is 12.6 Å². The van der Waals surface area contributed by atoms with E-state index in [-0.39, 0.29) is 36.7 Å². The predicted molar refractivity (Wildman–Crippen MR) is 128 cm³/mol. The maximum atomic E-state index is 13.5.